The zero-order valence-electron chi connectivity index (χ0n) is 13.6. The van der Waals surface area contributed by atoms with Crippen LogP contribution in [0.1, 0.15) is 12.8 Å². The minimum atomic E-state index is -0.561. The number of thiazole rings is 1. The van der Waals surface area contributed by atoms with Crippen molar-refractivity contribution in [2.75, 3.05) is 32.2 Å². The zero-order valence-corrected chi connectivity index (χ0v) is 14.4. The minimum Gasteiger partial charge on any atom is -0.496 e. The molecule has 3 rings (SSSR count). The molecule has 0 saturated carbocycles. The quantitative estimate of drug-likeness (QED) is 0.868. The van der Waals surface area contributed by atoms with E-state index in [-0.39, 0.29) is 5.91 Å². The Bertz CT molecular complexity index is 711. The Morgan fingerprint density at radius 3 is 2.88 bits per heavy atom. The van der Waals surface area contributed by atoms with Crippen LogP contribution in [0.5, 0.6) is 5.75 Å². The van der Waals surface area contributed by atoms with Gasteiger partial charge in [0.25, 0.3) is 0 Å². The number of para-hydroxylation sites is 1. The molecule has 7 heteroatoms. The topological polar surface area (TPSA) is 86.5 Å². The lowest BCUT2D eigenvalue weighted by Crippen LogP contribution is -2.46. The summed E-state index contributed by atoms with van der Waals surface area (Å²) in [7, 11) is 1.63. The van der Waals surface area contributed by atoms with Crippen molar-refractivity contribution >= 4 is 22.4 Å². The first-order valence-corrected chi connectivity index (χ1v) is 8.75. The summed E-state index contributed by atoms with van der Waals surface area (Å²) in [5.41, 5.74) is 6.99. The highest BCUT2D eigenvalue weighted by molar-refractivity contribution is 7.14. The minimum absolute atomic E-state index is 0.0748. The number of nitrogens with one attached hydrogen (secondary N) is 1. The van der Waals surface area contributed by atoms with Gasteiger partial charge in [-0.15, -0.1) is 11.3 Å². The van der Waals surface area contributed by atoms with Gasteiger partial charge in [0.15, 0.2) is 5.13 Å². The van der Waals surface area contributed by atoms with E-state index in [1.807, 2.05) is 29.6 Å². The maximum Gasteiger partial charge on any atom is 0.233 e. The molecule has 24 heavy (non-hydrogen) atoms. The summed E-state index contributed by atoms with van der Waals surface area (Å²) in [5, 5.41) is 5.40. The van der Waals surface area contributed by atoms with E-state index in [1.54, 1.807) is 7.11 Å². The summed E-state index contributed by atoms with van der Waals surface area (Å²) < 4.78 is 10.7. The number of hydrogen-bond acceptors (Lipinski definition) is 6. The van der Waals surface area contributed by atoms with E-state index in [9.17, 15) is 4.79 Å². The van der Waals surface area contributed by atoms with E-state index in [2.05, 4.69) is 10.3 Å². The van der Waals surface area contributed by atoms with Crippen LogP contribution in [0, 0.1) is 5.41 Å². The summed E-state index contributed by atoms with van der Waals surface area (Å²) in [6.45, 7) is 1.44. The molecule has 0 aliphatic carbocycles. The van der Waals surface area contributed by atoms with Gasteiger partial charge in [-0.2, -0.15) is 0 Å². The number of benzene rings is 1. The zero-order chi connectivity index (χ0) is 17.0. The number of nitrogens with two attached hydrogens (primary N) is 1. The van der Waals surface area contributed by atoms with Crippen molar-refractivity contribution in [2.45, 2.75) is 12.8 Å². The molecule has 6 nitrogen and oxygen atoms in total. The molecule has 0 radical (unpaired) electrons. The molecule has 1 saturated heterocycles. The third-order valence-electron chi connectivity index (χ3n) is 4.43. The van der Waals surface area contributed by atoms with Crippen molar-refractivity contribution in [3.8, 4) is 17.0 Å². The standard InChI is InChI=1S/C17H21N3O3S/c1-22-14-5-3-2-4-12(14)13-10-24-16(19-13)20-15(21)17(11-18)6-8-23-9-7-17/h2-5,10H,6-9,11,18H2,1H3,(H,19,20,21). The molecule has 2 aromatic rings. The lowest BCUT2D eigenvalue weighted by molar-refractivity contribution is -0.130. The molecule has 2 heterocycles. The Morgan fingerprint density at radius 2 is 2.17 bits per heavy atom. The van der Waals surface area contributed by atoms with Crippen LogP contribution in [-0.2, 0) is 9.53 Å². The van der Waals surface area contributed by atoms with Crippen molar-refractivity contribution in [1.29, 1.82) is 0 Å². The number of carbonyl (C=O) groups excluding carboxylic acids is 1. The Morgan fingerprint density at radius 1 is 1.42 bits per heavy atom. The number of ether oxygens (including phenoxy) is 2. The second-order valence-corrected chi connectivity index (χ2v) is 6.65. The van der Waals surface area contributed by atoms with Gasteiger partial charge in [0.05, 0.1) is 18.2 Å². The van der Waals surface area contributed by atoms with E-state index < -0.39 is 5.41 Å². The van der Waals surface area contributed by atoms with Crippen LogP contribution in [0.4, 0.5) is 5.13 Å². The summed E-state index contributed by atoms with van der Waals surface area (Å²) in [5.74, 6) is 0.678. The van der Waals surface area contributed by atoms with Crippen LogP contribution in [0.25, 0.3) is 11.3 Å². The van der Waals surface area contributed by atoms with Crippen molar-refractivity contribution in [2.24, 2.45) is 11.1 Å². The summed E-state index contributed by atoms with van der Waals surface area (Å²) >= 11 is 1.39. The molecule has 1 aromatic heterocycles. The van der Waals surface area contributed by atoms with Crippen LogP contribution in [-0.4, -0.2) is 37.8 Å². The van der Waals surface area contributed by atoms with E-state index >= 15 is 0 Å². The van der Waals surface area contributed by atoms with Crippen LogP contribution < -0.4 is 15.8 Å². The molecule has 1 aromatic carbocycles. The van der Waals surface area contributed by atoms with Gasteiger partial charge < -0.3 is 20.5 Å². The fourth-order valence-corrected chi connectivity index (χ4v) is 3.53. The number of anilines is 1. The van der Waals surface area contributed by atoms with Gasteiger partial charge in [-0.05, 0) is 25.0 Å². The summed E-state index contributed by atoms with van der Waals surface area (Å²) in [4.78, 5) is 17.2. The van der Waals surface area contributed by atoms with Crippen LogP contribution in [0.15, 0.2) is 29.6 Å². The van der Waals surface area contributed by atoms with Gasteiger partial charge in [-0.1, -0.05) is 12.1 Å². The largest absolute Gasteiger partial charge is 0.496 e. The highest BCUT2D eigenvalue weighted by Gasteiger charge is 2.39. The van der Waals surface area contributed by atoms with Crippen molar-refractivity contribution < 1.29 is 14.3 Å². The normalized spacial score (nSPS) is 16.6. The van der Waals surface area contributed by atoms with Crippen molar-refractivity contribution in [1.82, 2.24) is 4.98 Å². The van der Waals surface area contributed by atoms with Gasteiger partial charge in [0.1, 0.15) is 5.75 Å². The maximum absolute atomic E-state index is 12.7. The van der Waals surface area contributed by atoms with E-state index in [0.29, 0.717) is 37.7 Å². The molecule has 1 aliphatic rings. The number of nitrogens with zero attached hydrogens (tertiary/aromatic N) is 1. The van der Waals surface area contributed by atoms with Gasteiger partial charge in [-0.25, -0.2) is 4.98 Å². The van der Waals surface area contributed by atoms with E-state index in [0.717, 1.165) is 17.0 Å². The molecular formula is C17H21N3O3S. The van der Waals surface area contributed by atoms with Gasteiger partial charge >= 0.3 is 0 Å². The number of amides is 1. The molecule has 0 spiro atoms. The molecule has 0 atom stereocenters. The average Bonchev–Trinajstić information content (AvgIpc) is 3.10. The van der Waals surface area contributed by atoms with Gasteiger partial charge in [0.2, 0.25) is 5.91 Å². The van der Waals surface area contributed by atoms with Crippen LogP contribution in [0.3, 0.4) is 0 Å². The highest BCUT2D eigenvalue weighted by Crippen LogP contribution is 2.34. The Balaban J connectivity index is 1.77. The first-order valence-electron chi connectivity index (χ1n) is 7.87. The van der Waals surface area contributed by atoms with E-state index in [4.69, 9.17) is 15.2 Å². The fraction of sp³-hybridized carbons (Fsp3) is 0.412. The van der Waals surface area contributed by atoms with Crippen molar-refractivity contribution in [3.05, 3.63) is 29.6 Å². The molecule has 0 unspecified atom stereocenters. The predicted octanol–water partition coefficient (Wildman–Crippen LogP) is 2.51. The smallest absolute Gasteiger partial charge is 0.233 e. The summed E-state index contributed by atoms with van der Waals surface area (Å²) in [6.07, 6.45) is 1.28. The number of aromatic nitrogens is 1. The van der Waals surface area contributed by atoms with Crippen LogP contribution in [0.2, 0.25) is 0 Å². The first-order chi connectivity index (χ1) is 11.7. The van der Waals surface area contributed by atoms with Crippen molar-refractivity contribution in [3.63, 3.8) is 0 Å². The maximum atomic E-state index is 12.7. The third-order valence-corrected chi connectivity index (χ3v) is 5.19. The molecule has 128 valence electrons. The molecule has 0 bridgehead atoms. The second kappa shape index (κ2) is 7.29. The Kier molecular flexibility index (Phi) is 5.13. The second-order valence-electron chi connectivity index (χ2n) is 5.79. The molecule has 1 fully saturated rings. The number of rotatable bonds is 5. The molecule has 1 amide bonds. The molecular weight excluding hydrogens is 326 g/mol. The Labute approximate surface area is 145 Å². The average molecular weight is 347 g/mol. The van der Waals surface area contributed by atoms with E-state index in [1.165, 1.54) is 11.3 Å². The lowest BCUT2D eigenvalue weighted by Gasteiger charge is -2.34. The molecule has 1 aliphatic heterocycles. The monoisotopic (exact) mass is 347 g/mol. The van der Waals surface area contributed by atoms with Gasteiger partial charge in [0, 0.05) is 30.7 Å². The number of hydrogen-bond donors (Lipinski definition) is 2. The Hall–Kier alpha value is -1.96. The third kappa shape index (κ3) is 3.28. The SMILES string of the molecule is COc1ccccc1-c1csc(NC(=O)C2(CN)CCOCC2)n1. The first kappa shape index (κ1) is 16.9. The summed E-state index contributed by atoms with van der Waals surface area (Å²) in [6, 6.07) is 7.67. The number of methoxy groups -OCH3 is 1. The molecule has 3 N–H and O–H groups in total. The van der Waals surface area contributed by atoms with Crippen LogP contribution >= 0.6 is 11.3 Å². The lowest BCUT2D eigenvalue weighted by atomic mass is 9.79. The predicted molar refractivity (Wildman–Crippen MR) is 94.3 cm³/mol. The van der Waals surface area contributed by atoms with Gasteiger partial charge in [-0.3, -0.25) is 4.79 Å². The fourth-order valence-electron chi connectivity index (χ4n) is 2.83. The number of carbonyl (C=O) groups is 1. The highest BCUT2D eigenvalue weighted by atomic mass is 32.1.